The van der Waals surface area contributed by atoms with Crippen molar-refractivity contribution in [3.05, 3.63) is 52.3 Å². The van der Waals surface area contributed by atoms with Crippen LogP contribution in [0.25, 0.3) is 20.3 Å². The SMILES string of the molecule is O=C(O)CCC(C(=O)O)N1CCNCCN(C(CCC(=O)O)C(=O)O)CCN(Cc2ccc3c(=O)c4ccccc4sc3n2)CC1. The van der Waals surface area contributed by atoms with Gasteiger partial charge in [0, 0.05) is 81.8 Å². The van der Waals surface area contributed by atoms with Gasteiger partial charge in [0.05, 0.1) is 11.1 Å². The van der Waals surface area contributed by atoms with Crippen molar-refractivity contribution in [2.45, 2.75) is 44.3 Å². The number of hydrogen-bond acceptors (Lipinski definition) is 11. The maximum Gasteiger partial charge on any atom is 0.320 e. The van der Waals surface area contributed by atoms with Crippen molar-refractivity contribution in [3.63, 3.8) is 0 Å². The molecule has 2 unspecified atom stereocenters. The molecule has 248 valence electrons. The predicted molar refractivity (Wildman–Crippen MR) is 171 cm³/mol. The number of nitrogens with one attached hydrogen (secondary N) is 1. The number of carboxylic acids is 4. The molecule has 1 aliphatic heterocycles. The number of carboxylic acid groups (broad SMARTS) is 4. The van der Waals surface area contributed by atoms with E-state index in [2.05, 4.69) is 5.32 Å². The Labute approximate surface area is 268 Å². The van der Waals surface area contributed by atoms with Gasteiger partial charge in [0.25, 0.3) is 0 Å². The van der Waals surface area contributed by atoms with Gasteiger partial charge in [-0.05, 0) is 37.1 Å². The fraction of sp³-hybridized carbons (Fsp3) is 0.484. The van der Waals surface area contributed by atoms with Crippen LogP contribution < -0.4 is 10.7 Å². The van der Waals surface area contributed by atoms with Gasteiger partial charge in [-0.1, -0.05) is 12.1 Å². The van der Waals surface area contributed by atoms with E-state index in [0.717, 1.165) is 4.70 Å². The average molecular weight is 658 g/mol. The lowest BCUT2D eigenvalue weighted by molar-refractivity contribution is -0.146. The minimum atomic E-state index is -1.10. The Kier molecular flexibility index (Phi) is 12.5. The quantitative estimate of drug-likeness (QED) is 0.175. The Morgan fingerprint density at radius 2 is 1.33 bits per heavy atom. The second-order valence-corrected chi connectivity index (χ2v) is 12.3. The first kappa shape index (κ1) is 34.8. The Balaban J connectivity index is 1.62. The fourth-order valence-corrected chi connectivity index (χ4v) is 6.77. The molecule has 3 heterocycles. The summed E-state index contributed by atoms with van der Waals surface area (Å²) < 4.78 is 0.818. The minimum Gasteiger partial charge on any atom is -0.481 e. The van der Waals surface area contributed by atoms with Gasteiger partial charge in [-0.3, -0.25) is 38.7 Å². The summed E-state index contributed by atoms with van der Waals surface area (Å²) in [6, 6.07) is 8.86. The van der Waals surface area contributed by atoms with E-state index in [0.29, 0.717) is 80.2 Å². The van der Waals surface area contributed by atoms with E-state index in [4.69, 9.17) is 4.98 Å². The fourth-order valence-electron chi connectivity index (χ4n) is 5.71. The third-order valence-electron chi connectivity index (χ3n) is 8.16. The molecule has 5 N–H and O–H groups in total. The van der Waals surface area contributed by atoms with E-state index in [1.807, 2.05) is 23.1 Å². The van der Waals surface area contributed by atoms with Crippen LogP contribution in [0.2, 0.25) is 0 Å². The van der Waals surface area contributed by atoms with Crippen LogP contribution in [0.15, 0.2) is 41.2 Å². The first-order chi connectivity index (χ1) is 22.0. The zero-order chi connectivity index (χ0) is 33.2. The molecular formula is C31H39N5O9S. The van der Waals surface area contributed by atoms with E-state index < -0.39 is 36.0 Å². The molecule has 1 aromatic carbocycles. The maximum absolute atomic E-state index is 13.1. The van der Waals surface area contributed by atoms with E-state index in [9.17, 15) is 44.4 Å². The molecule has 0 bridgehead atoms. The number of pyridine rings is 1. The van der Waals surface area contributed by atoms with Crippen LogP contribution in [0.1, 0.15) is 31.4 Å². The molecule has 0 aliphatic carbocycles. The van der Waals surface area contributed by atoms with Crippen LogP contribution in [0.3, 0.4) is 0 Å². The summed E-state index contributed by atoms with van der Waals surface area (Å²) >= 11 is 1.41. The zero-order valence-electron chi connectivity index (χ0n) is 25.3. The van der Waals surface area contributed by atoms with Crippen LogP contribution in [0, 0.1) is 0 Å². The number of rotatable bonds is 12. The summed E-state index contributed by atoms with van der Waals surface area (Å²) in [6.07, 6.45) is -0.682. The van der Waals surface area contributed by atoms with Gasteiger partial charge in [0.2, 0.25) is 0 Å². The van der Waals surface area contributed by atoms with Crippen LogP contribution in [0.4, 0.5) is 0 Å². The first-order valence-electron chi connectivity index (χ1n) is 15.2. The van der Waals surface area contributed by atoms with Gasteiger partial charge in [-0.15, -0.1) is 11.3 Å². The number of hydrogen-bond donors (Lipinski definition) is 5. The van der Waals surface area contributed by atoms with Crippen molar-refractivity contribution in [1.82, 2.24) is 25.0 Å². The lowest BCUT2D eigenvalue weighted by Gasteiger charge is -2.35. The molecule has 46 heavy (non-hydrogen) atoms. The van der Waals surface area contributed by atoms with Gasteiger partial charge in [-0.2, -0.15) is 0 Å². The van der Waals surface area contributed by atoms with Gasteiger partial charge >= 0.3 is 23.9 Å². The van der Waals surface area contributed by atoms with Crippen LogP contribution in [-0.2, 0) is 25.7 Å². The predicted octanol–water partition coefficient (Wildman–Crippen LogP) is 1.45. The summed E-state index contributed by atoms with van der Waals surface area (Å²) in [7, 11) is 0. The highest BCUT2D eigenvalue weighted by molar-refractivity contribution is 7.24. The number of carbonyl (C=O) groups is 4. The Morgan fingerprint density at radius 3 is 1.87 bits per heavy atom. The van der Waals surface area contributed by atoms with Gasteiger partial charge in [0.1, 0.15) is 16.9 Å². The molecule has 4 rings (SSSR count). The van der Waals surface area contributed by atoms with Crippen molar-refractivity contribution >= 4 is 55.5 Å². The molecule has 14 nitrogen and oxygen atoms in total. The van der Waals surface area contributed by atoms with Crippen molar-refractivity contribution in [2.24, 2.45) is 0 Å². The van der Waals surface area contributed by atoms with E-state index in [-0.39, 0.29) is 31.1 Å². The molecule has 2 aromatic heterocycles. The van der Waals surface area contributed by atoms with Gasteiger partial charge < -0.3 is 25.7 Å². The number of benzene rings is 1. The Morgan fingerprint density at radius 1 is 0.761 bits per heavy atom. The second-order valence-electron chi connectivity index (χ2n) is 11.3. The molecule has 0 amide bonds. The van der Waals surface area contributed by atoms with Crippen LogP contribution in [0.5, 0.6) is 0 Å². The van der Waals surface area contributed by atoms with Crippen LogP contribution in [-0.4, -0.2) is 128 Å². The third-order valence-corrected chi connectivity index (χ3v) is 9.24. The summed E-state index contributed by atoms with van der Waals surface area (Å²) in [4.78, 5) is 70.8. The van der Waals surface area contributed by atoms with E-state index in [1.54, 1.807) is 28.0 Å². The summed E-state index contributed by atoms with van der Waals surface area (Å²) in [5.41, 5.74) is 0.573. The molecule has 0 saturated carbocycles. The zero-order valence-corrected chi connectivity index (χ0v) is 26.2. The first-order valence-corrected chi connectivity index (χ1v) is 16.0. The van der Waals surface area contributed by atoms with Crippen molar-refractivity contribution in [2.75, 3.05) is 52.4 Å². The third kappa shape index (κ3) is 9.50. The Hall–Kier alpha value is -4.02. The molecule has 3 aromatic rings. The smallest absolute Gasteiger partial charge is 0.320 e. The highest BCUT2D eigenvalue weighted by atomic mass is 32.1. The van der Waals surface area contributed by atoms with Crippen molar-refractivity contribution in [3.8, 4) is 0 Å². The topological polar surface area (TPSA) is 201 Å². The highest BCUT2D eigenvalue weighted by Gasteiger charge is 2.29. The number of aromatic nitrogens is 1. The minimum absolute atomic E-state index is 0.0541. The number of nitrogens with zero attached hydrogens (tertiary/aromatic N) is 4. The standard InChI is InChI=1S/C31H39N5O9S/c37-26(38)9-7-23(30(42)43)35-13-11-32-12-14-36(24(31(44)45)8-10-27(39)40)18-16-34(15-17-35)19-20-5-6-22-28(41)21-3-1-2-4-25(21)46-29(22)33-20/h1-6,23-24,32H,7-19H2,(H,37,38)(H,39,40)(H,42,43)(H,44,45). The molecule has 2 atom stereocenters. The molecular weight excluding hydrogens is 618 g/mol. The normalized spacial score (nSPS) is 17.6. The largest absolute Gasteiger partial charge is 0.481 e. The summed E-state index contributed by atoms with van der Waals surface area (Å²) in [5.74, 6) is -4.36. The molecule has 1 saturated heterocycles. The molecule has 0 radical (unpaired) electrons. The average Bonchev–Trinajstić information content (AvgIpc) is 2.99. The molecule has 1 fully saturated rings. The van der Waals surface area contributed by atoms with E-state index >= 15 is 0 Å². The number of fused-ring (bicyclic) bond motifs is 2. The van der Waals surface area contributed by atoms with Crippen molar-refractivity contribution < 1.29 is 39.6 Å². The lowest BCUT2D eigenvalue weighted by Crippen LogP contribution is -2.51. The summed E-state index contributed by atoms with van der Waals surface area (Å²) in [5, 5.41) is 42.6. The van der Waals surface area contributed by atoms with Crippen LogP contribution >= 0.6 is 11.3 Å². The Bertz CT molecular complexity index is 1570. The molecule has 1 aliphatic rings. The van der Waals surface area contributed by atoms with Gasteiger partial charge in [-0.25, -0.2) is 4.98 Å². The lowest BCUT2D eigenvalue weighted by atomic mass is 10.1. The number of aliphatic carboxylic acids is 4. The second kappa shape index (κ2) is 16.5. The van der Waals surface area contributed by atoms with E-state index in [1.165, 1.54) is 11.3 Å². The molecule has 0 spiro atoms. The van der Waals surface area contributed by atoms with Gasteiger partial charge in [0.15, 0.2) is 5.43 Å². The summed E-state index contributed by atoms with van der Waals surface area (Å²) in [6.45, 7) is 3.06. The monoisotopic (exact) mass is 657 g/mol. The van der Waals surface area contributed by atoms with Crippen molar-refractivity contribution in [1.29, 1.82) is 0 Å². The molecule has 15 heteroatoms. The maximum atomic E-state index is 13.1. The highest BCUT2D eigenvalue weighted by Crippen LogP contribution is 2.23.